The van der Waals surface area contributed by atoms with Crippen molar-refractivity contribution in [2.45, 2.75) is 25.7 Å². The van der Waals surface area contributed by atoms with Gasteiger partial charge in [-0.15, -0.1) is 0 Å². The van der Waals surface area contributed by atoms with Gasteiger partial charge in [0.25, 0.3) is 0 Å². The smallest absolute Gasteiger partial charge is 0.330 e. The molecule has 1 unspecified atom stereocenters. The van der Waals surface area contributed by atoms with Gasteiger partial charge in [0.15, 0.2) is 0 Å². The van der Waals surface area contributed by atoms with Gasteiger partial charge in [-0.2, -0.15) is 0 Å². The second-order valence-corrected chi connectivity index (χ2v) is 6.05. The number of rotatable bonds is 4. The molecule has 2 aromatic rings. The normalized spacial score (nSPS) is 17.5. The quantitative estimate of drug-likeness (QED) is 0.481. The van der Waals surface area contributed by atoms with E-state index < -0.39 is 5.97 Å². The Labute approximate surface area is 141 Å². The van der Waals surface area contributed by atoms with Gasteiger partial charge in [0.2, 0.25) is 5.91 Å². The highest BCUT2D eigenvalue weighted by molar-refractivity contribution is 5.99. The van der Waals surface area contributed by atoms with Crippen LogP contribution in [0.4, 0.5) is 0 Å². The van der Waals surface area contributed by atoms with E-state index in [-0.39, 0.29) is 5.91 Å². The maximum atomic E-state index is 12.7. The van der Waals surface area contributed by atoms with Crippen LogP contribution in [0.5, 0.6) is 0 Å². The molecule has 0 radical (unpaired) electrons. The van der Waals surface area contributed by atoms with Crippen LogP contribution in [0.25, 0.3) is 17.0 Å². The Morgan fingerprint density at radius 1 is 1.33 bits per heavy atom. The molecule has 1 aromatic heterocycles. The van der Waals surface area contributed by atoms with E-state index >= 15 is 0 Å². The Kier molecular flexibility index (Phi) is 4.94. The van der Waals surface area contributed by atoms with Gasteiger partial charge in [-0.3, -0.25) is 9.36 Å². The maximum Gasteiger partial charge on any atom is 0.330 e. The summed E-state index contributed by atoms with van der Waals surface area (Å²) in [5, 5.41) is 0.949. The summed E-state index contributed by atoms with van der Waals surface area (Å²) in [6.07, 6.45) is 13.0. The van der Waals surface area contributed by atoms with E-state index in [0.717, 1.165) is 35.7 Å². The monoisotopic (exact) mass is 323 g/mol. The number of benzene rings is 1. The first kappa shape index (κ1) is 16.2. The number of carbonyl (C=O) groups excluding carboxylic acids is 2. The second-order valence-electron chi connectivity index (χ2n) is 6.05. The Morgan fingerprint density at radius 2 is 2.17 bits per heavy atom. The number of nitrogens with zero attached hydrogens (tertiary/aromatic N) is 1. The van der Waals surface area contributed by atoms with E-state index in [0.29, 0.717) is 12.3 Å². The number of aromatic nitrogens is 1. The van der Waals surface area contributed by atoms with Crippen LogP contribution in [-0.4, -0.2) is 23.6 Å². The zero-order chi connectivity index (χ0) is 16.9. The fourth-order valence-corrected chi connectivity index (χ4v) is 3.15. The number of allylic oxidation sites excluding steroid dienone is 2. The predicted molar refractivity (Wildman–Crippen MR) is 94.7 cm³/mol. The number of hydrogen-bond acceptors (Lipinski definition) is 3. The lowest BCUT2D eigenvalue weighted by atomic mass is 9.93. The molecule has 0 amide bonds. The number of ether oxygens (including phenoxy) is 1. The molecule has 1 aliphatic carbocycles. The number of carbonyl (C=O) groups is 2. The average molecular weight is 323 g/mol. The number of fused-ring (bicyclic) bond motifs is 1. The van der Waals surface area contributed by atoms with Gasteiger partial charge in [0.1, 0.15) is 0 Å². The molecule has 1 atom stereocenters. The van der Waals surface area contributed by atoms with E-state index in [4.69, 9.17) is 0 Å². The third-order valence-electron chi connectivity index (χ3n) is 4.40. The highest BCUT2D eigenvalue weighted by Crippen LogP contribution is 2.25. The highest BCUT2D eigenvalue weighted by atomic mass is 16.5. The summed E-state index contributed by atoms with van der Waals surface area (Å²) in [7, 11) is 1.34. The third-order valence-corrected chi connectivity index (χ3v) is 4.40. The molecule has 1 aromatic carbocycles. The fourth-order valence-electron chi connectivity index (χ4n) is 3.15. The van der Waals surface area contributed by atoms with E-state index in [1.807, 2.05) is 24.3 Å². The third kappa shape index (κ3) is 3.48. The summed E-state index contributed by atoms with van der Waals surface area (Å²) >= 11 is 0. The predicted octanol–water partition coefficient (Wildman–Crippen LogP) is 4.21. The fraction of sp³-hybridized carbons (Fsp3) is 0.300. The molecule has 0 spiro atoms. The molecule has 24 heavy (non-hydrogen) atoms. The molecular weight excluding hydrogens is 302 g/mol. The van der Waals surface area contributed by atoms with Gasteiger partial charge >= 0.3 is 5.97 Å². The summed E-state index contributed by atoms with van der Waals surface area (Å²) in [4.78, 5) is 24.1. The summed E-state index contributed by atoms with van der Waals surface area (Å²) in [5.41, 5.74) is 1.70. The first-order valence-corrected chi connectivity index (χ1v) is 8.25. The van der Waals surface area contributed by atoms with Crippen molar-refractivity contribution < 1.29 is 14.3 Å². The Morgan fingerprint density at radius 3 is 2.92 bits per heavy atom. The van der Waals surface area contributed by atoms with Crippen LogP contribution < -0.4 is 0 Å². The van der Waals surface area contributed by atoms with Crippen molar-refractivity contribution in [2.75, 3.05) is 7.11 Å². The lowest BCUT2D eigenvalue weighted by Crippen LogP contribution is -2.14. The zero-order valence-corrected chi connectivity index (χ0v) is 13.8. The molecular formula is C20H21NO3. The number of hydrogen-bond donors (Lipinski definition) is 0. The van der Waals surface area contributed by atoms with Crippen LogP contribution in [0.1, 0.15) is 36.0 Å². The minimum Gasteiger partial charge on any atom is -0.466 e. The van der Waals surface area contributed by atoms with Gasteiger partial charge in [-0.1, -0.05) is 30.4 Å². The Bertz CT molecular complexity index is 813. The summed E-state index contributed by atoms with van der Waals surface area (Å²) < 4.78 is 6.33. The molecule has 4 nitrogen and oxygen atoms in total. The van der Waals surface area contributed by atoms with Crippen LogP contribution >= 0.6 is 0 Å². The van der Waals surface area contributed by atoms with Crippen LogP contribution in [0.15, 0.2) is 48.7 Å². The molecule has 0 fully saturated rings. The standard InChI is InChI=1S/C20H21NO3/c1-24-20(23)12-11-16-14-21(18-10-6-5-9-17(16)18)19(22)13-15-7-3-2-4-8-15/h3,5-7,9-12,14-15H,2,4,8,13H2,1H3/b12-11+. The van der Waals surface area contributed by atoms with Gasteiger partial charge < -0.3 is 4.74 Å². The summed E-state index contributed by atoms with van der Waals surface area (Å²) in [6, 6.07) is 7.73. The molecule has 4 heteroatoms. The molecule has 0 saturated carbocycles. The largest absolute Gasteiger partial charge is 0.466 e. The lowest BCUT2D eigenvalue weighted by molar-refractivity contribution is -0.134. The van der Waals surface area contributed by atoms with Crippen molar-refractivity contribution >= 4 is 28.9 Å². The van der Waals surface area contributed by atoms with Crippen LogP contribution in [0, 0.1) is 5.92 Å². The van der Waals surface area contributed by atoms with Crippen molar-refractivity contribution in [3.63, 3.8) is 0 Å². The van der Waals surface area contributed by atoms with Crippen molar-refractivity contribution in [1.29, 1.82) is 0 Å². The number of methoxy groups -OCH3 is 1. The molecule has 1 heterocycles. The molecule has 1 aliphatic rings. The highest BCUT2D eigenvalue weighted by Gasteiger charge is 2.17. The average Bonchev–Trinajstić information content (AvgIpc) is 2.99. The van der Waals surface area contributed by atoms with E-state index in [9.17, 15) is 9.59 Å². The summed E-state index contributed by atoms with van der Waals surface area (Å²) in [6.45, 7) is 0. The van der Waals surface area contributed by atoms with Crippen molar-refractivity contribution in [1.82, 2.24) is 4.57 Å². The van der Waals surface area contributed by atoms with Crippen molar-refractivity contribution in [3.8, 4) is 0 Å². The van der Waals surface area contributed by atoms with E-state index in [1.54, 1.807) is 16.8 Å². The maximum absolute atomic E-state index is 12.7. The zero-order valence-electron chi connectivity index (χ0n) is 13.8. The van der Waals surface area contributed by atoms with Gasteiger partial charge in [0, 0.05) is 29.6 Å². The Hall–Kier alpha value is -2.62. The SMILES string of the molecule is COC(=O)/C=C/c1cn(C(=O)CC2C=CCCC2)c2ccccc12. The van der Waals surface area contributed by atoms with Crippen LogP contribution in [0.2, 0.25) is 0 Å². The van der Waals surface area contributed by atoms with Gasteiger partial charge in [-0.05, 0) is 37.3 Å². The first-order chi connectivity index (χ1) is 11.7. The van der Waals surface area contributed by atoms with Crippen LogP contribution in [-0.2, 0) is 9.53 Å². The lowest BCUT2D eigenvalue weighted by Gasteiger charge is -2.15. The topological polar surface area (TPSA) is 48.3 Å². The second kappa shape index (κ2) is 7.30. The van der Waals surface area contributed by atoms with Crippen LogP contribution in [0.3, 0.4) is 0 Å². The minimum atomic E-state index is -0.412. The van der Waals surface area contributed by atoms with Gasteiger partial charge in [-0.25, -0.2) is 4.79 Å². The van der Waals surface area contributed by atoms with Crippen molar-refractivity contribution in [2.24, 2.45) is 5.92 Å². The molecule has 3 rings (SSSR count). The summed E-state index contributed by atoms with van der Waals surface area (Å²) in [5.74, 6) is -0.00700. The Balaban J connectivity index is 1.91. The number of para-hydroxylation sites is 1. The minimum absolute atomic E-state index is 0.0838. The molecule has 124 valence electrons. The van der Waals surface area contributed by atoms with Crippen molar-refractivity contribution in [3.05, 3.63) is 54.3 Å². The van der Waals surface area contributed by atoms with E-state index in [1.165, 1.54) is 13.2 Å². The van der Waals surface area contributed by atoms with E-state index in [2.05, 4.69) is 16.9 Å². The molecule has 0 N–H and O–H groups in total. The molecule has 0 aliphatic heterocycles. The number of esters is 1. The van der Waals surface area contributed by atoms with Gasteiger partial charge in [0.05, 0.1) is 12.6 Å². The molecule has 0 bridgehead atoms. The molecule has 0 saturated heterocycles. The first-order valence-electron chi connectivity index (χ1n) is 8.25.